The highest BCUT2D eigenvalue weighted by atomic mass is 35.5. The van der Waals surface area contributed by atoms with Crippen molar-refractivity contribution in [1.82, 2.24) is 5.32 Å². The number of phenolic OH excluding ortho intramolecular Hbond substituents is 1. The summed E-state index contributed by atoms with van der Waals surface area (Å²) in [5, 5.41) is 14.0. The zero-order chi connectivity index (χ0) is 19.1. The highest BCUT2D eigenvalue weighted by molar-refractivity contribution is 6.37. The lowest BCUT2D eigenvalue weighted by molar-refractivity contribution is -0.137. The van der Waals surface area contributed by atoms with Crippen LogP contribution in [0.4, 0.5) is 18.9 Å². The fraction of sp³-hybridized carbons (Fsp3) is 0.0588. The third-order valence-corrected chi connectivity index (χ3v) is 3.95. The first kappa shape index (κ1) is 17.8. The molecule has 0 saturated carbocycles. The molecule has 1 aliphatic heterocycles. The van der Waals surface area contributed by atoms with E-state index in [1.807, 2.05) is 5.32 Å². The third kappa shape index (κ3) is 3.23. The minimum absolute atomic E-state index is 0.0300. The molecule has 0 spiro atoms. The van der Waals surface area contributed by atoms with Crippen LogP contribution in [0.25, 0.3) is 5.57 Å². The first-order valence-corrected chi connectivity index (χ1v) is 7.58. The van der Waals surface area contributed by atoms with Gasteiger partial charge in [-0.25, -0.2) is 0 Å². The number of amides is 2. The Hall–Kier alpha value is -3.00. The van der Waals surface area contributed by atoms with Crippen LogP contribution in [-0.4, -0.2) is 16.9 Å². The Kier molecular flexibility index (Phi) is 4.37. The van der Waals surface area contributed by atoms with E-state index < -0.39 is 34.7 Å². The van der Waals surface area contributed by atoms with Gasteiger partial charge in [0.2, 0.25) is 0 Å². The largest absolute Gasteiger partial charge is 0.506 e. The van der Waals surface area contributed by atoms with E-state index in [9.17, 15) is 27.9 Å². The second kappa shape index (κ2) is 6.38. The van der Waals surface area contributed by atoms with Crippen LogP contribution in [0.2, 0.25) is 5.02 Å². The van der Waals surface area contributed by atoms with Crippen molar-refractivity contribution in [1.29, 1.82) is 0 Å². The van der Waals surface area contributed by atoms with Gasteiger partial charge in [-0.1, -0.05) is 29.8 Å². The van der Waals surface area contributed by atoms with Gasteiger partial charge in [0, 0.05) is 11.3 Å². The predicted octanol–water partition coefficient (Wildman–Crippen LogP) is 3.54. The average molecular weight is 383 g/mol. The maximum Gasteiger partial charge on any atom is 0.417 e. The Morgan fingerprint density at radius 2 is 1.73 bits per heavy atom. The van der Waals surface area contributed by atoms with Crippen LogP contribution in [0.3, 0.4) is 0 Å². The molecule has 2 amide bonds. The highest BCUT2D eigenvalue weighted by Gasteiger charge is 2.39. The molecule has 0 unspecified atom stereocenters. The molecule has 2 aromatic rings. The summed E-state index contributed by atoms with van der Waals surface area (Å²) < 4.78 is 39.8. The van der Waals surface area contributed by atoms with Crippen LogP contribution in [0.5, 0.6) is 5.75 Å². The number of aromatic hydroxyl groups is 1. The summed E-state index contributed by atoms with van der Waals surface area (Å²) in [7, 11) is 0. The van der Waals surface area contributed by atoms with Crippen LogP contribution < -0.4 is 10.6 Å². The van der Waals surface area contributed by atoms with Gasteiger partial charge in [0.05, 0.1) is 16.2 Å². The molecule has 26 heavy (non-hydrogen) atoms. The van der Waals surface area contributed by atoms with Crippen molar-refractivity contribution in [3.8, 4) is 5.75 Å². The molecule has 1 aliphatic rings. The van der Waals surface area contributed by atoms with Gasteiger partial charge < -0.3 is 10.4 Å². The fourth-order valence-corrected chi connectivity index (χ4v) is 2.69. The van der Waals surface area contributed by atoms with Crippen molar-refractivity contribution in [3.05, 3.63) is 64.3 Å². The van der Waals surface area contributed by atoms with Gasteiger partial charge in [-0.3, -0.25) is 14.9 Å². The van der Waals surface area contributed by atoms with Crippen molar-refractivity contribution >= 4 is 34.7 Å². The lowest BCUT2D eigenvalue weighted by atomic mass is 9.98. The molecular formula is C17H10ClF3N2O3. The average Bonchev–Trinajstić information content (AvgIpc) is 2.84. The molecule has 0 saturated heterocycles. The molecule has 1 heterocycles. The second-order valence-corrected chi connectivity index (χ2v) is 5.77. The number of hydrogen-bond donors (Lipinski definition) is 3. The molecule has 3 rings (SSSR count). The standard InChI is InChI=1S/C17H10ClF3N2O3/c18-11-7-8(5-6-12(11)24)22-14-13(15(25)23-16(14)26)9-3-1-2-4-10(9)17(19,20)21/h1-7,24H,(H2,22,23,25,26). The van der Waals surface area contributed by atoms with Crippen LogP contribution in [0.15, 0.2) is 48.2 Å². The summed E-state index contributed by atoms with van der Waals surface area (Å²) in [5.74, 6) is -2.02. The number of hydrogen-bond acceptors (Lipinski definition) is 4. The van der Waals surface area contributed by atoms with E-state index in [0.29, 0.717) is 0 Å². The van der Waals surface area contributed by atoms with Crippen molar-refractivity contribution < 1.29 is 27.9 Å². The van der Waals surface area contributed by atoms with Gasteiger partial charge in [0.1, 0.15) is 11.4 Å². The van der Waals surface area contributed by atoms with Gasteiger partial charge in [-0.2, -0.15) is 13.2 Å². The molecule has 0 fully saturated rings. The molecule has 0 bridgehead atoms. The van der Waals surface area contributed by atoms with Gasteiger partial charge in [0.25, 0.3) is 11.8 Å². The van der Waals surface area contributed by atoms with Crippen molar-refractivity contribution in [3.63, 3.8) is 0 Å². The lowest BCUT2D eigenvalue weighted by Gasteiger charge is -2.14. The summed E-state index contributed by atoms with van der Waals surface area (Å²) in [6.45, 7) is 0. The number of phenols is 1. The monoisotopic (exact) mass is 382 g/mol. The number of anilines is 1. The highest BCUT2D eigenvalue weighted by Crippen LogP contribution is 2.37. The summed E-state index contributed by atoms with van der Waals surface area (Å²) >= 11 is 5.78. The Labute approximate surface area is 150 Å². The summed E-state index contributed by atoms with van der Waals surface area (Å²) in [5.41, 5.74) is -2.01. The first-order valence-electron chi connectivity index (χ1n) is 7.20. The number of benzene rings is 2. The molecule has 3 N–H and O–H groups in total. The maximum atomic E-state index is 13.3. The molecule has 134 valence electrons. The first-order chi connectivity index (χ1) is 12.2. The van der Waals surface area contributed by atoms with E-state index in [1.165, 1.54) is 30.3 Å². The smallest absolute Gasteiger partial charge is 0.417 e. The Morgan fingerprint density at radius 3 is 2.38 bits per heavy atom. The molecule has 5 nitrogen and oxygen atoms in total. The van der Waals surface area contributed by atoms with E-state index in [0.717, 1.165) is 12.1 Å². The third-order valence-electron chi connectivity index (χ3n) is 3.65. The summed E-state index contributed by atoms with van der Waals surface area (Å²) in [4.78, 5) is 24.2. The van der Waals surface area contributed by atoms with Crippen LogP contribution in [0, 0.1) is 0 Å². The van der Waals surface area contributed by atoms with Crippen LogP contribution in [-0.2, 0) is 15.8 Å². The van der Waals surface area contributed by atoms with E-state index in [1.54, 1.807) is 0 Å². The van der Waals surface area contributed by atoms with E-state index in [-0.39, 0.29) is 22.2 Å². The molecule has 0 radical (unpaired) electrons. The van der Waals surface area contributed by atoms with E-state index >= 15 is 0 Å². The topological polar surface area (TPSA) is 78.4 Å². The zero-order valence-electron chi connectivity index (χ0n) is 12.8. The number of nitrogens with one attached hydrogen (secondary N) is 2. The Bertz CT molecular complexity index is 955. The van der Waals surface area contributed by atoms with Crippen LogP contribution >= 0.6 is 11.6 Å². The predicted molar refractivity (Wildman–Crippen MR) is 88.3 cm³/mol. The minimum atomic E-state index is -4.71. The fourth-order valence-electron chi connectivity index (χ4n) is 2.51. The molecular weight excluding hydrogens is 373 g/mol. The molecule has 9 heteroatoms. The van der Waals surface area contributed by atoms with Crippen LogP contribution in [0.1, 0.15) is 11.1 Å². The number of imide groups is 1. The normalized spacial score (nSPS) is 14.6. The maximum absolute atomic E-state index is 13.3. The number of rotatable bonds is 3. The van der Waals surface area contributed by atoms with Crippen molar-refractivity contribution in [2.75, 3.05) is 5.32 Å². The van der Waals surface area contributed by atoms with Gasteiger partial charge >= 0.3 is 6.18 Å². The zero-order valence-corrected chi connectivity index (χ0v) is 13.6. The summed E-state index contributed by atoms with van der Waals surface area (Å²) in [6.07, 6.45) is -4.71. The van der Waals surface area contributed by atoms with Gasteiger partial charge in [-0.15, -0.1) is 0 Å². The van der Waals surface area contributed by atoms with Crippen molar-refractivity contribution in [2.24, 2.45) is 0 Å². The Balaban J connectivity index is 2.14. The number of halogens is 4. The van der Waals surface area contributed by atoms with Gasteiger partial charge in [0.15, 0.2) is 0 Å². The summed E-state index contributed by atoms with van der Waals surface area (Å²) in [6, 6.07) is 8.33. The molecule has 0 atom stereocenters. The number of alkyl halides is 3. The molecule has 2 aromatic carbocycles. The number of carbonyl (C=O) groups is 2. The lowest BCUT2D eigenvalue weighted by Crippen LogP contribution is -2.24. The second-order valence-electron chi connectivity index (χ2n) is 5.37. The minimum Gasteiger partial charge on any atom is -0.506 e. The SMILES string of the molecule is O=C1NC(=O)C(c2ccccc2C(F)(F)F)=C1Nc1ccc(O)c(Cl)c1. The molecule has 0 aromatic heterocycles. The van der Waals surface area contributed by atoms with E-state index in [2.05, 4.69) is 5.32 Å². The quantitative estimate of drug-likeness (QED) is 0.560. The van der Waals surface area contributed by atoms with Gasteiger partial charge in [-0.05, 0) is 24.3 Å². The molecule has 0 aliphatic carbocycles. The van der Waals surface area contributed by atoms with Crippen molar-refractivity contribution in [2.45, 2.75) is 6.18 Å². The Morgan fingerprint density at radius 1 is 1.04 bits per heavy atom. The van der Waals surface area contributed by atoms with E-state index in [4.69, 9.17) is 11.6 Å². The number of carbonyl (C=O) groups excluding carboxylic acids is 2.